The van der Waals surface area contributed by atoms with Crippen LogP contribution >= 0.6 is 34.5 Å². The number of H-pyrrole nitrogens is 1. The van der Waals surface area contributed by atoms with E-state index in [4.69, 9.17) is 28.2 Å². The fourth-order valence-corrected chi connectivity index (χ4v) is 5.61. The van der Waals surface area contributed by atoms with Gasteiger partial charge in [-0.3, -0.25) is 9.78 Å². The number of piperidine rings is 1. The van der Waals surface area contributed by atoms with Gasteiger partial charge >= 0.3 is 0 Å². The van der Waals surface area contributed by atoms with E-state index in [0.717, 1.165) is 35.7 Å². The molecule has 1 aliphatic rings. The molecule has 0 radical (unpaired) electrons. The zero-order valence-electron chi connectivity index (χ0n) is 18.5. The fraction of sp³-hybridized carbons (Fsp3) is 0.269. The molecular weight excluding hydrogens is 487 g/mol. The van der Waals surface area contributed by atoms with Crippen molar-refractivity contribution in [3.8, 4) is 10.7 Å². The molecule has 5 nitrogen and oxygen atoms in total. The van der Waals surface area contributed by atoms with Crippen LogP contribution in [0, 0.1) is 5.92 Å². The lowest BCUT2D eigenvalue weighted by molar-refractivity contribution is 0.0676. The van der Waals surface area contributed by atoms with Crippen molar-refractivity contribution in [1.82, 2.24) is 19.9 Å². The molecule has 8 heteroatoms. The van der Waals surface area contributed by atoms with Gasteiger partial charge in [-0.05, 0) is 67.6 Å². The highest BCUT2D eigenvalue weighted by Gasteiger charge is 2.31. The molecule has 0 aliphatic carbocycles. The summed E-state index contributed by atoms with van der Waals surface area (Å²) in [6.45, 7) is 1.43. The SMILES string of the molecule is O=C(c1ccc(Cl)c(Cl)c1)N1CCC(C(Cc2cccc(-c3nccs3)n2)c2ccc[nH]2)CC1. The van der Waals surface area contributed by atoms with E-state index in [1.165, 1.54) is 5.69 Å². The molecule has 1 atom stereocenters. The minimum Gasteiger partial charge on any atom is -0.365 e. The molecular formula is C26H24Cl2N4OS. The Morgan fingerprint density at radius 3 is 2.68 bits per heavy atom. The van der Waals surface area contributed by atoms with Gasteiger partial charge in [-0.25, -0.2) is 4.98 Å². The predicted octanol–water partition coefficient (Wildman–Crippen LogP) is 6.72. The van der Waals surface area contributed by atoms with Crippen LogP contribution in [0.4, 0.5) is 0 Å². The largest absolute Gasteiger partial charge is 0.365 e. The van der Waals surface area contributed by atoms with E-state index in [-0.39, 0.29) is 5.91 Å². The Balaban J connectivity index is 1.30. The monoisotopic (exact) mass is 510 g/mol. The van der Waals surface area contributed by atoms with E-state index in [2.05, 4.69) is 28.2 Å². The molecule has 1 fully saturated rings. The molecule has 34 heavy (non-hydrogen) atoms. The molecule has 1 unspecified atom stereocenters. The van der Waals surface area contributed by atoms with Crippen LogP contribution in [0.3, 0.4) is 0 Å². The number of carbonyl (C=O) groups is 1. The average molecular weight is 511 g/mol. The molecule has 1 saturated heterocycles. The van der Waals surface area contributed by atoms with Crippen molar-refractivity contribution in [3.63, 3.8) is 0 Å². The molecule has 174 valence electrons. The first-order valence-corrected chi connectivity index (χ1v) is 13.0. The topological polar surface area (TPSA) is 61.9 Å². The van der Waals surface area contributed by atoms with Crippen LogP contribution in [0.15, 0.2) is 66.3 Å². The van der Waals surface area contributed by atoms with E-state index in [1.54, 1.807) is 29.5 Å². The number of carbonyl (C=O) groups excluding carboxylic acids is 1. The third kappa shape index (κ3) is 5.04. The van der Waals surface area contributed by atoms with Gasteiger partial charge in [-0.1, -0.05) is 29.3 Å². The minimum absolute atomic E-state index is 0.00579. The van der Waals surface area contributed by atoms with Crippen molar-refractivity contribution >= 4 is 40.4 Å². The molecule has 3 aromatic heterocycles. The van der Waals surface area contributed by atoms with Crippen LogP contribution in [0.2, 0.25) is 10.0 Å². The first-order chi connectivity index (χ1) is 16.6. The van der Waals surface area contributed by atoms with Gasteiger partial charge in [0, 0.05) is 53.7 Å². The highest BCUT2D eigenvalue weighted by molar-refractivity contribution is 7.13. The van der Waals surface area contributed by atoms with Gasteiger partial charge in [-0.15, -0.1) is 11.3 Å². The maximum atomic E-state index is 13.0. The molecule has 4 aromatic rings. The minimum atomic E-state index is 0.00579. The number of amides is 1. The standard InChI is InChI=1S/C26H24Cl2N4OS/c27-21-7-6-18(15-22(21)28)26(33)32-12-8-17(9-13-32)20(23-5-2-10-29-23)16-19-3-1-4-24(31-19)25-30-11-14-34-25/h1-7,10-11,14-15,17,20,29H,8-9,12-13,16H2. The highest BCUT2D eigenvalue weighted by atomic mass is 35.5. The lowest BCUT2D eigenvalue weighted by Crippen LogP contribution is -2.40. The quantitative estimate of drug-likeness (QED) is 0.313. The summed E-state index contributed by atoms with van der Waals surface area (Å²) in [4.78, 5) is 27.7. The lowest BCUT2D eigenvalue weighted by Gasteiger charge is -2.36. The molecule has 1 N–H and O–H groups in total. The maximum Gasteiger partial charge on any atom is 0.253 e. The van der Waals surface area contributed by atoms with Crippen molar-refractivity contribution in [2.75, 3.05) is 13.1 Å². The van der Waals surface area contributed by atoms with Crippen molar-refractivity contribution in [3.05, 3.63) is 93.3 Å². The van der Waals surface area contributed by atoms with Crippen LogP contribution < -0.4 is 0 Å². The maximum absolute atomic E-state index is 13.0. The van der Waals surface area contributed by atoms with Crippen molar-refractivity contribution in [2.24, 2.45) is 5.92 Å². The molecule has 5 rings (SSSR count). The van der Waals surface area contributed by atoms with Gasteiger partial charge in [0.25, 0.3) is 5.91 Å². The van der Waals surface area contributed by atoms with Crippen LogP contribution in [0.5, 0.6) is 0 Å². The van der Waals surface area contributed by atoms with Crippen LogP contribution in [-0.2, 0) is 6.42 Å². The van der Waals surface area contributed by atoms with Gasteiger partial charge in [0.05, 0.1) is 15.7 Å². The molecule has 1 aliphatic heterocycles. The number of thiazole rings is 1. The number of aromatic amines is 1. The average Bonchev–Trinajstić information content (AvgIpc) is 3.59. The number of hydrogen-bond acceptors (Lipinski definition) is 4. The summed E-state index contributed by atoms with van der Waals surface area (Å²) in [7, 11) is 0. The molecule has 1 amide bonds. The Hall–Kier alpha value is -2.67. The second-order valence-electron chi connectivity index (χ2n) is 8.55. The smallest absolute Gasteiger partial charge is 0.253 e. The third-order valence-corrected chi connectivity index (χ3v) is 8.01. The predicted molar refractivity (Wildman–Crippen MR) is 138 cm³/mol. The molecule has 1 aromatic carbocycles. The first-order valence-electron chi connectivity index (χ1n) is 11.3. The Bertz CT molecular complexity index is 1250. The van der Waals surface area contributed by atoms with Gasteiger partial charge in [0.1, 0.15) is 5.01 Å². The summed E-state index contributed by atoms with van der Waals surface area (Å²) in [6.07, 6.45) is 6.49. The number of hydrogen-bond donors (Lipinski definition) is 1. The van der Waals surface area contributed by atoms with E-state index in [0.29, 0.717) is 40.5 Å². The van der Waals surface area contributed by atoms with Gasteiger partial charge in [0.2, 0.25) is 0 Å². The second kappa shape index (κ2) is 10.3. The van der Waals surface area contributed by atoms with Crippen LogP contribution in [0.25, 0.3) is 10.7 Å². The zero-order chi connectivity index (χ0) is 23.5. The van der Waals surface area contributed by atoms with Gasteiger partial charge < -0.3 is 9.88 Å². The summed E-state index contributed by atoms with van der Waals surface area (Å²) < 4.78 is 0. The number of rotatable bonds is 6. The second-order valence-corrected chi connectivity index (χ2v) is 10.3. The molecule has 0 saturated carbocycles. The molecule has 0 bridgehead atoms. The normalized spacial score (nSPS) is 15.4. The highest BCUT2D eigenvalue weighted by Crippen LogP contribution is 2.35. The summed E-state index contributed by atoms with van der Waals surface area (Å²) in [5, 5.41) is 3.77. The number of aromatic nitrogens is 3. The summed E-state index contributed by atoms with van der Waals surface area (Å²) >= 11 is 13.7. The first kappa shape index (κ1) is 23.1. The van der Waals surface area contributed by atoms with Crippen molar-refractivity contribution in [1.29, 1.82) is 0 Å². The summed E-state index contributed by atoms with van der Waals surface area (Å²) in [6, 6.07) is 15.4. The third-order valence-electron chi connectivity index (χ3n) is 6.47. The Morgan fingerprint density at radius 1 is 1.12 bits per heavy atom. The van der Waals surface area contributed by atoms with Crippen LogP contribution in [0.1, 0.15) is 40.5 Å². The van der Waals surface area contributed by atoms with Gasteiger partial charge in [0.15, 0.2) is 0 Å². The Labute approximate surface area is 212 Å². The fourth-order valence-electron chi connectivity index (χ4n) is 4.71. The van der Waals surface area contributed by atoms with Gasteiger partial charge in [-0.2, -0.15) is 0 Å². The Kier molecular flexibility index (Phi) is 6.99. The Morgan fingerprint density at radius 2 is 1.97 bits per heavy atom. The number of pyridine rings is 1. The zero-order valence-corrected chi connectivity index (χ0v) is 20.8. The number of likely N-dealkylation sites (tertiary alicyclic amines) is 1. The van der Waals surface area contributed by atoms with Crippen LogP contribution in [-0.4, -0.2) is 38.8 Å². The number of benzene rings is 1. The van der Waals surface area contributed by atoms with Crippen molar-refractivity contribution < 1.29 is 4.79 Å². The summed E-state index contributed by atoms with van der Waals surface area (Å²) in [5.74, 6) is 0.754. The van der Waals surface area contributed by atoms with Crippen molar-refractivity contribution in [2.45, 2.75) is 25.2 Å². The van der Waals surface area contributed by atoms with E-state index in [1.807, 2.05) is 34.8 Å². The number of nitrogens with zero attached hydrogens (tertiary/aromatic N) is 3. The number of nitrogens with one attached hydrogen (secondary N) is 1. The summed E-state index contributed by atoms with van der Waals surface area (Å²) in [5.41, 5.74) is 3.77. The number of halogens is 2. The molecule has 4 heterocycles. The molecule has 0 spiro atoms. The van der Waals surface area contributed by atoms with E-state index >= 15 is 0 Å². The van der Waals surface area contributed by atoms with E-state index in [9.17, 15) is 4.79 Å². The van der Waals surface area contributed by atoms with E-state index < -0.39 is 0 Å². The lowest BCUT2D eigenvalue weighted by atomic mass is 9.79.